The molecule has 0 spiro atoms. The van der Waals surface area contributed by atoms with Crippen molar-refractivity contribution in [3.05, 3.63) is 77.4 Å². The molecule has 0 fully saturated rings. The Morgan fingerprint density at radius 2 is 1.76 bits per heavy atom. The fraction of sp³-hybridized carbons (Fsp3) is 0.158. The van der Waals surface area contributed by atoms with Gasteiger partial charge in [-0.2, -0.15) is 31.4 Å². The number of halogens is 4. The van der Waals surface area contributed by atoms with E-state index < -0.39 is 33.9 Å². The molecule has 3 rings (SSSR count). The number of hydrogen-bond acceptors (Lipinski definition) is 4. The highest BCUT2D eigenvalue weighted by atomic mass is 32.2. The minimum absolute atomic E-state index is 0.0208. The Hall–Kier alpha value is -3.49. The van der Waals surface area contributed by atoms with Gasteiger partial charge in [0.25, 0.3) is 10.2 Å². The molecule has 0 saturated carbocycles. The molecule has 0 unspecified atom stereocenters. The van der Waals surface area contributed by atoms with E-state index in [1.54, 1.807) is 12.1 Å². The first-order chi connectivity index (χ1) is 15.4. The van der Waals surface area contributed by atoms with Gasteiger partial charge in [-0.25, -0.2) is 19.0 Å². The quantitative estimate of drug-likeness (QED) is 0.383. The lowest BCUT2D eigenvalue weighted by molar-refractivity contribution is -0.141. The van der Waals surface area contributed by atoms with Gasteiger partial charge in [0.15, 0.2) is 5.69 Å². The van der Waals surface area contributed by atoms with Crippen LogP contribution in [0.25, 0.3) is 5.69 Å². The van der Waals surface area contributed by atoms with Crippen molar-refractivity contribution >= 4 is 21.9 Å². The molecular formula is C19H18F4N6O3S. The van der Waals surface area contributed by atoms with Crippen molar-refractivity contribution in [2.75, 3.05) is 5.32 Å². The lowest BCUT2D eigenvalue weighted by atomic mass is 10.2. The van der Waals surface area contributed by atoms with E-state index >= 15 is 0 Å². The molecule has 0 saturated heterocycles. The van der Waals surface area contributed by atoms with Crippen molar-refractivity contribution in [1.82, 2.24) is 19.8 Å². The molecule has 5 N–H and O–H groups in total. The maximum Gasteiger partial charge on any atom is 0.435 e. The standard InChI is InChI=1S/C19H18F4N6O3S/c20-13-2-1-3-15(8-13)29-16(9-17(28-29)19(21,22)23)11-25-18(30)27-14-6-4-12(5-7-14)10-26-33(24,31)32/h1-9,26H,10-11H2,(H2,24,31,32)(H2,25,27,30). The van der Waals surface area contributed by atoms with Crippen LogP contribution in [0.2, 0.25) is 0 Å². The number of amides is 2. The number of nitrogens with one attached hydrogen (secondary N) is 3. The van der Waals surface area contributed by atoms with E-state index in [4.69, 9.17) is 5.14 Å². The Morgan fingerprint density at radius 3 is 2.36 bits per heavy atom. The number of alkyl halides is 3. The lowest BCUT2D eigenvalue weighted by Gasteiger charge is -2.10. The predicted molar refractivity (Wildman–Crippen MR) is 111 cm³/mol. The molecule has 1 heterocycles. The van der Waals surface area contributed by atoms with Crippen LogP contribution in [0, 0.1) is 5.82 Å². The SMILES string of the molecule is NS(=O)(=O)NCc1ccc(NC(=O)NCc2cc(C(F)(F)F)nn2-c2cccc(F)c2)cc1. The molecule has 176 valence electrons. The number of nitrogens with zero attached hydrogens (tertiary/aromatic N) is 2. The molecule has 0 aliphatic rings. The zero-order chi connectivity index (χ0) is 24.2. The summed E-state index contributed by atoms with van der Waals surface area (Å²) in [5, 5.41) is 13.3. The van der Waals surface area contributed by atoms with Crippen LogP contribution in [-0.4, -0.2) is 24.2 Å². The molecule has 0 aliphatic carbocycles. The summed E-state index contributed by atoms with van der Waals surface area (Å²) in [5.74, 6) is -0.657. The first-order valence-corrected chi connectivity index (χ1v) is 10.8. The monoisotopic (exact) mass is 486 g/mol. The number of urea groups is 1. The van der Waals surface area contributed by atoms with Crippen LogP contribution in [0.4, 0.5) is 28.0 Å². The minimum Gasteiger partial charge on any atom is -0.332 e. The summed E-state index contributed by atoms with van der Waals surface area (Å²) in [4.78, 5) is 12.2. The van der Waals surface area contributed by atoms with Gasteiger partial charge < -0.3 is 10.6 Å². The summed E-state index contributed by atoms with van der Waals surface area (Å²) in [6.07, 6.45) is -4.73. The zero-order valence-electron chi connectivity index (χ0n) is 16.7. The first kappa shape index (κ1) is 24.2. The molecule has 0 aliphatic heterocycles. The number of benzene rings is 2. The number of carbonyl (C=O) groups is 1. The van der Waals surface area contributed by atoms with Crippen LogP contribution < -0.4 is 20.5 Å². The van der Waals surface area contributed by atoms with Gasteiger partial charge in [-0.1, -0.05) is 18.2 Å². The maximum atomic E-state index is 13.5. The van der Waals surface area contributed by atoms with Crippen molar-refractivity contribution in [2.24, 2.45) is 5.14 Å². The molecule has 2 amide bonds. The van der Waals surface area contributed by atoms with E-state index in [1.165, 1.54) is 24.3 Å². The Balaban J connectivity index is 1.68. The van der Waals surface area contributed by atoms with Gasteiger partial charge in [-0.05, 0) is 42.0 Å². The molecule has 0 atom stereocenters. The number of anilines is 1. The van der Waals surface area contributed by atoms with Gasteiger partial charge in [0, 0.05) is 12.2 Å². The second-order valence-electron chi connectivity index (χ2n) is 6.78. The Bertz CT molecular complexity index is 1240. The Morgan fingerprint density at radius 1 is 1.06 bits per heavy atom. The van der Waals surface area contributed by atoms with Gasteiger partial charge in [0.1, 0.15) is 5.82 Å². The molecule has 0 bridgehead atoms. The lowest BCUT2D eigenvalue weighted by Crippen LogP contribution is -2.30. The van der Waals surface area contributed by atoms with E-state index in [2.05, 4.69) is 20.5 Å². The zero-order valence-corrected chi connectivity index (χ0v) is 17.5. The highest BCUT2D eigenvalue weighted by molar-refractivity contribution is 7.87. The normalized spacial score (nSPS) is 11.9. The third kappa shape index (κ3) is 7.00. The number of aromatic nitrogens is 2. The first-order valence-electron chi connectivity index (χ1n) is 9.24. The van der Waals surface area contributed by atoms with Crippen LogP contribution in [0.1, 0.15) is 17.0 Å². The fourth-order valence-corrected chi connectivity index (χ4v) is 3.12. The Kier molecular flexibility index (Phi) is 7.00. The van der Waals surface area contributed by atoms with Gasteiger partial charge in [-0.3, -0.25) is 0 Å². The molecule has 1 aromatic heterocycles. The molecule has 14 heteroatoms. The Labute approximate surface area is 185 Å². The van der Waals surface area contributed by atoms with Crippen LogP contribution in [0.3, 0.4) is 0 Å². The largest absolute Gasteiger partial charge is 0.435 e. The van der Waals surface area contributed by atoms with Crippen LogP contribution in [0.15, 0.2) is 54.6 Å². The smallest absolute Gasteiger partial charge is 0.332 e. The minimum atomic E-state index is -4.73. The van der Waals surface area contributed by atoms with Crippen molar-refractivity contribution < 1.29 is 30.8 Å². The van der Waals surface area contributed by atoms with Crippen LogP contribution in [0.5, 0.6) is 0 Å². The van der Waals surface area contributed by atoms with Crippen molar-refractivity contribution in [2.45, 2.75) is 19.3 Å². The van der Waals surface area contributed by atoms with Crippen LogP contribution >= 0.6 is 0 Å². The van der Waals surface area contributed by atoms with Crippen molar-refractivity contribution in [3.63, 3.8) is 0 Å². The molecular weight excluding hydrogens is 468 g/mol. The number of hydrogen-bond donors (Lipinski definition) is 4. The summed E-state index contributed by atoms with van der Waals surface area (Å²) in [6, 6.07) is 11.0. The van der Waals surface area contributed by atoms with Gasteiger partial charge in [-0.15, -0.1) is 0 Å². The van der Waals surface area contributed by atoms with Gasteiger partial charge in [0.05, 0.1) is 17.9 Å². The molecule has 3 aromatic rings. The topological polar surface area (TPSA) is 131 Å². The van der Waals surface area contributed by atoms with E-state index in [0.717, 1.165) is 22.9 Å². The molecule has 9 nitrogen and oxygen atoms in total. The maximum absolute atomic E-state index is 13.5. The summed E-state index contributed by atoms with van der Waals surface area (Å²) in [7, 11) is -3.85. The average molecular weight is 486 g/mol. The highest BCUT2D eigenvalue weighted by Gasteiger charge is 2.35. The fourth-order valence-electron chi connectivity index (χ4n) is 2.75. The van der Waals surface area contributed by atoms with Gasteiger partial charge >= 0.3 is 12.2 Å². The number of rotatable bonds is 7. The van der Waals surface area contributed by atoms with Crippen molar-refractivity contribution in [3.8, 4) is 5.69 Å². The second kappa shape index (κ2) is 9.56. The van der Waals surface area contributed by atoms with Crippen LogP contribution in [-0.2, 0) is 29.5 Å². The highest BCUT2D eigenvalue weighted by Crippen LogP contribution is 2.29. The second-order valence-corrected chi connectivity index (χ2v) is 8.16. The third-order valence-electron chi connectivity index (χ3n) is 4.25. The summed E-state index contributed by atoms with van der Waals surface area (Å²) in [5.41, 5.74) is -0.221. The summed E-state index contributed by atoms with van der Waals surface area (Å²) >= 11 is 0. The van der Waals surface area contributed by atoms with E-state index in [0.29, 0.717) is 11.3 Å². The summed E-state index contributed by atoms with van der Waals surface area (Å²) < 4.78 is 77.7. The van der Waals surface area contributed by atoms with Crippen molar-refractivity contribution in [1.29, 1.82) is 0 Å². The molecule has 33 heavy (non-hydrogen) atoms. The molecule has 0 radical (unpaired) electrons. The van der Waals surface area contributed by atoms with E-state index in [-0.39, 0.29) is 24.5 Å². The summed E-state index contributed by atoms with van der Waals surface area (Å²) in [6.45, 7) is -0.376. The predicted octanol–water partition coefficient (Wildman–Crippen LogP) is 2.65. The average Bonchev–Trinajstić information content (AvgIpc) is 3.16. The third-order valence-corrected chi connectivity index (χ3v) is 4.79. The molecule has 2 aromatic carbocycles. The van der Waals surface area contributed by atoms with E-state index in [1.807, 2.05) is 0 Å². The van der Waals surface area contributed by atoms with E-state index in [9.17, 15) is 30.8 Å². The number of nitrogens with two attached hydrogens (primary N) is 1. The van der Waals surface area contributed by atoms with Gasteiger partial charge in [0.2, 0.25) is 0 Å². The number of carbonyl (C=O) groups excluding carboxylic acids is 1.